The van der Waals surface area contributed by atoms with Crippen LogP contribution >= 0.6 is 35.0 Å². The second-order valence-electron chi connectivity index (χ2n) is 6.74. The Morgan fingerprint density at radius 3 is 2.45 bits per heavy atom. The number of nitrogens with zero attached hydrogens (tertiary/aromatic N) is 1. The molecule has 0 fully saturated rings. The minimum atomic E-state index is -0.599. The summed E-state index contributed by atoms with van der Waals surface area (Å²) in [7, 11) is 0. The van der Waals surface area contributed by atoms with Crippen LogP contribution in [0.3, 0.4) is 0 Å². The van der Waals surface area contributed by atoms with Gasteiger partial charge in [-0.3, -0.25) is 9.59 Å². The van der Waals surface area contributed by atoms with Crippen LogP contribution in [-0.4, -0.2) is 35.1 Å². The van der Waals surface area contributed by atoms with Crippen molar-refractivity contribution >= 4 is 46.8 Å². The maximum Gasteiger partial charge on any atom is 0.242 e. The SMILES string of the molecule is CCNC(=O)[C@@H](C)N(Cc1ccc(Cl)cc1Cl)C(=O)CCSc1ccc(C)cc1. The molecule has 0 aromatic heterocycles. The van der Waals surface area contributed by atoms with Gasteiger partial charge in [0.2, 0.25) is 11.8 Å². The van der Waals surface area contributed by atoms with Crippen molar-refractivity contribution in [3.63, 3.8) is 0 Å². The summed E-state index contributed by atoms with van der Waals surface area (Å²) in [5.41, 5.74) is 1.96. The molecule has 0 aliphatic carbocycles. The molecule has 2 aromatic carbocycles. The van der Waals surface area contributed by atoms with E-state index in [1.54, 1.807) is 41.8 Å². The number of carbonyl (C=O) groups excluding carboxylic acids is 2. The van der Waals surface area contributed by atoms with Gasteiger partial charge in [-0.15, -0.1) is 11.8 Å². The Labute approximate surface area is 187 Å². The second-order valence-corrected chi connectivity index (χ2v) is 8.75. The molecule has 0 radical (unpaired) electrons. The van der Waals surface area contributed by atoms with Crippen molar-refractivity contribution in [2.45, 2.75) is 44.7 Å². The maximum atomic E-state index is 13.0. The quantitative estimate of drug-likeness (QED) is 0.522. The average Bonchev–Trinajstić information content (AvgIpc) is 2.68. The molecule has 0 spiro atoms. The maximum absolute atomic E-state index is 13.0. The lowest BCUT2D eigenvalue weighted by Crippen LogP contribution is -2.47. The summed E-state index contributed by atoms with van der Waals surface area (Å²) in [6, 6.07) is 12.8. The molecule has 0 bridgehead atoms. The second kappa shape index (κ2) is 11.5. The van der Waals surface area contributed by atoms with E-state index >= 15 is 0 Å². The third-order valence-corrected chi connectivity index (χ3v) is 6.08. The summed E-state index contributed by atoms with van der Waals surface area (Å²) in [5, 5.41) is 3.79. The Balaban J connectivity index is 2.09. The number of nitrogens with one attached hydrogen (secondary N) is 1. The first kappa shape index (κ1) is 23.6. The molecule has 0 saturated heterocycles. The fraction of sp³-hybridized carbons (Fsp3) is 0.364. The highest BCUT2D eigenvalue weighted by molar-refractivity contribution is 7.99. The van der Waals surface area contributed by atoms with Gasteiger partial charge >= 0.3 is 0 Å². The van der Waals surface area contributed by atoms with Crippen molar-refractivity contribution < 1.29 is 9.59 Å². The molecule has 2 aromatic rings. The number of amides is 2. The molecule has 0 unspecified atom stereocenters. The highest BCUT2D eigenvalue weighted by Gasteiger charge is 2.26. The summed E-state index contributed by atoms with van der Waals surface area (Å²) < 4.78 is 0. The normalized spacial score (nSPS) is 11.8. The summed E-state index contributed by atoms with van der Waals surface area (Å²) in [4.78, 5) is 28.1. The fourth-order valence-electron chi connectivity index (χ4n) is 2.77. The van der Waals surface area contributed by atoms with Crippen molar-refractivity contribution in [1.29, 1.82) is 0 Å². The molecule has 1 N–H and O–H groups in total. The van der Waals surface area contributed by atoms with Crippen molar-refractivity contribution in [2.75, 3.05) is 12.3 Å². The number of rotatable bonds is 9. The molecule has 0 aliphatic rings. The number of carbonyl (C=O) groups is 2. The predicted molar refractivity (Wildman–Crippen MR) is 122 cm³/mol. The molecule has 2 amide bonds. The Morgan fingerprint density at radius 1 is 1.14 bits per heavy atom. The molecule has 2 rings (SSSR count). The first-order chi connectivity index (χ1) is 13.8. The fourth-order valence-corrected chi connectivity index (χ4v) is 4.08. The van der Waals surface area contributed by atoms with Crippen molar-refractivity contribution in [2.24, 2.45) is 0 Å². The number of thioether (sulfide) groups is 1. The van der Waals surface area contributed by atoms with E-state index < -0.39 is 6.04 Å². The average molecular weight is 453 g/mol. The topological polar surface area (TPSA) is 49.4 Å². The Kier molecular flexibility index (Phi) is 9.34. The van der Waals surface area contributed by atoms with Crippen molar-refractivity contribution in [1.82, 2.24) is 10.2 Å². The Bertz CT molecular complexity index is 843. The molecule has 0 aliphatic heterocycles. The van der Waals surface area contributed by atoms with E-state index in [0.29, 0.717) is 28.8 Å². The molecule has 156 valence electrons. The lowest BCUT2D eigenvalue weighted by atomic mass is 10.1. The highest BCUT2D eigenvalue weighted by Crippen LogP contribution is 2.24. The summed E-state index contributed by atoms with van der Waals surface area (Å²) in [6.45, 7) is 6.39. The minimum absolute atomic E-state index is 0.0885. The van der Waals surface area contributed by atoms with E-state index in [4.69, 9.17) is 23.2 Å². The van der Waals surface area contributed by atoms with Gasteiger partial charge < -0.3 is 10.2 Å². The van der Waals surface area contributed by atoms with Gasteiger partial charge in [-0.1, -0.05) is 47.0 Å². The molecular formula is C22H26Cl2N2O2S. The molecule has 4 nitrogen and oxygen atoms in total. The molecule has 0 saturated carbocycles. The number of halogens is 2. The monoisotopic (exact) mass is 452 g/mol. The van der Waals surface area contributed by atoms with Gasteiger partial charge in [0.15, 0.2) is 0 Å². The van der Waals surface area contributed by atoms with Crippen LogP contribution in [0, 0.1) is 6.92 Å². The summed E-state index contributed by atoms with van der Waals surface area (Å²) >= 11 is 13.9. The highest BCUT2D eigenvalue weighted by atomic mass is 35.5. The van der Waals surface area contributed by atoms with Gasteiger partial charge in [0.25, 0.3) is 0 Å². The van der Waals surface area contributed by atoms with E-state index in [1.165, 1.54) is 5.56 Å². The van der Waals surface area contributed by atoms with Gasteiger partial charge in [-0.25, -0.2) is 0 Å². The van der Waals surface area contributed by atoms with Crippen LogP contribution in [0.5, 0.6) is 0 Å². The smallest absolute Gasteiger partial charge is 0.242 e. The van der Waals surface area contributed by atoms with E-state index in [2.05, 4.69) is 17.4 Å². The van der Waals surface area contributed by atoms with Crippen LogP contribution in [0.4, 0.5) is 0 Å². The van der Waals surface area contributed by atoms with E-state index in [0.717, 1.165) is 10.5 Å². The summed E-state index contributed by atoms with van der Waals surface area (Å²) in [6.07, 6.45) is 0.327. The van der Waals surface area contributed by atoms with Crippen LogP contribution in [0.15, 0.2) is 47.4 Å². The zero-order valence-electron chi connectivity index (χ0n) is 16.9. The third kappa shape index (κ3) is 7.25. The van der Waals surface area contributed by atoms with Crippen LogP contribution < -0.4 is 5.32 Å². The summed E-state index contributed by atoms with van der Waals surface area (Å²) in [5.74, 6) is 0.362. The van der Waals surface area contributed by atoms with Crippen molar-refractivity contribution in [3.8, 4) is 0 Å². The zero-order valence-corrected chi connectivity index (χ0v) is 19.2. The largest absolute Gasteiger partial charge is 0.355 e. The number of hydrogen-bond acceptors (Lipinski definition) is 3. The molecular weight excluding hydrogens is 427 g/mol. The Morgan fingerprint density at radius 2 is 1.83 bits per heavy atom. The van der Waals surface area contributed by atoms with E-state index in [9.17, 15) is 9.59 Å². The van der Waals surface area contributed by atoms with E-state index in [-0.39, 0.29) is 18.4 Å². The predicted octanol–water partition coefficient (Wildman–Crippen LogP) is 5.34. The number of benzene rings is 2. The molecule has 7 heteroatoms. The standard InChI is InChI=1S/C22H26Cl2N2O2S/c1-4-25-22(28)16(3)26(14-17-7-8-18(23)13-20(17)24)21(27)11-12-29-19-9-5-15(2)6-10-19/h5-10,13,16H,4,11-12,14H2,1-3H3,(H,25,28)/t16-/m1/s1. The van der Waals surface area contributed by atoms with Crippen LogP contribution in [0.25, 0.3) is 0 Å². The number of likely N-dealkylation sites (N-methyl/N-ethyl adjacent to an activating group) is 1. The lowest BCUT2D eigenvalue weighted by Gasteiger charge is -2.29. The van der Waals surface area contributed by atoms with Gasteiger partial charge in [0.05, 0.1) is 0 Å². The minimum Gasteiger partial charge on any atom is -0.355 e. The Hall–Kier alpha value is -1.69. The molecule has 1 atom stereocenters. The van der Waals surface area contributed by atoms with Gasteiger partial charge in [-0.2, -0.15) is 0 Å². The molecule has 29 heavy (non-hydrogen) atoms. The zero-order chi connectivity index (χ0) is 21.4. The van der Waals surface area contributed by atoms with Gasteiger partial charge in [0.1, 0.15) is 6.04 Å². The first-order valence-electron chi connectivity index (χ1n) is 9.52. The van der Waals surface area contributed by atoms with Crippen molar-refractivity contribution in [3.05, 3.63) is 63.6 Å². The molecule has 0 heterocycles. The first-order valence-corrected chi connectivity index (χ1v) is 11.3. The third-order valence-electron chi connectivity index (χ3n) is 4.48. The lowest BCUT2D eigenvalue weighted by molar-refractivity contribution is -0.140. The number of hydrogen-bond donors (Lipinski definition) is 1. The van der Waals surface area contributed by atoms with E-state index in [1.807, 2.05) is 26.0 Å². The number of aryl methyl sites for hydroxylation is 1. The van der Waals surface area contributed by atoms with Crippen LogP contribution in [0.2, 0.25) is 10.0 Å². The van der Waals surface area contributed by atoms with Crippen LogP contribution in [-0.2, 0) is 16.1 Å². The van der Waals surface area contributed by atoms with Gasteiger partial charge in [0, 0.05) is 40.2 Å². The van der Waals surface area contributed by atoms with Gasteiger partial charge in [-0.05, 0) is 50.6 Å². The van der Waals surface area contributed by atoms with Crippen LogP contribution in [0.1, 0.15) is 31.4 Å².